The molecule has 1 aliphatic heterocycles. The summed E-state index contributed by atoms with van der Waals surface area (Å²) >= 11 is 0. The van der Waals surface area contributed by atoms with Gasteiger partial charge in [-0.3, -0.25) is 24.7 Å². The molecule has 274 valence electrons. The molecule has 4 rings (SSSR count). The van der Waals surface area contributed by atoms with Crippen LogP contribution in [0.15, 0.2) is 54.6 Å². The second kappa shape index (κ2) is 18.1. The number of fused-ring (bicyclic) bond motifs is 1. The first kappa shape index (κ1) is 41.2. The number of alkyl halides is 6. The minimum absolute atomic E-state index is 0.260. The third-order valence-corrected chi connectivity index (χ3v) is 7.55. The zero-order valence-corrected chi connectivity index (χ0v) is 27.0. The van der Waals surface area contributed by atoms with E-state index in [9.17, 15) is 41.1 Å². The van der Waals surface area contributed by atoms with Gasteiger partial charge in [0.15, 0.2) is 0 Å². The average Bonchev–Trinajstić information content (AvgIpc) is 3.06. The maximum absolute atomic E-state index is 13.0. The lowest BCUT2D eigenvalue weighted by Crippen LogP contribution is -2.57. The van der Waals surface area contributed by atoms with Crippen LogP contribution in [0.3, 0.4) is 0 Å². The summed E-state index contributed by atoms with van der Waals surface area (Å²) in [7, 11) is 0. The molecule has 3 atom stereocenters. The van der Waals surface area contributed by atoms with Crippen molar-refractivity contribution in [2.75, 3.05) is 13.1 Å². The molecule has 0 spiro atoms. The van der Waals surface area contributed by atoms with Crippen LogP contribution in [0.25, 0.3) is 10.9 Å². The lowest BCUT2D eigenvalue weighted by Gasteiger charge is -2.40. The Hall–Kier alpha value is -4.97. The van der Waals surface area contributed by atoms with E-state index >= 15 is 0 Å². The number of ether oxygens (including phenoxy) is 1. The first-order chi connectivity index (χ1) is 23.3. The van der Waals surface area contributed by atoms with Crippen LogP contribution in [0, 0.1) is 12.8 Å². The highest BCUT2D eigenvalue weighted by Gasteiger charge is 2.39. The zero-order valence-electron chi connectivity index (χ0n) is 27.0. The number of amides is 2. The molecule has 1 aromatic heterocycles. The second-order valence-electron chi connectivity index (χ2n) is 11.1. The summed E-state index contributed by atoms with van der Waals surface area (Å²) in [5.74, 6) is -6.07. The van der Waals surface area contributed by atoms with Crippen LogP contribution < -0.4 is 15.5 Å². The highest BCUT2D eigenvalue weighted by Crippen LogP contribution is 2.23. The SMILES string of the molecule is CCC(C)N1CC[C@H](C(=O)NO)[C@H](NC(=O)c2ccc(OCc3cc(C)nc4ccccc34)cc2)C1.O=C(O)C(F)(F)F.O=C(O)C(F)(F)F. The van der Waals surface area contributed by atoms with Gasteiger partial charge >= 0.3 is 24.3 Å². The number of piperidine rings is 1. The number of hydrogen-bond acceptors (Lipinski definition) is 8. The molecule has 1 fully saturated rings. The molecule has 1 unspecified atom stereocenters. The molecule has 1 saturated heterocycles. The molecule has 5 N–H and O–H groups in total. The fourth-order valence-electron chi connectivity index (χ4n) is 4.81. The highest BCUT2D eigenvalue weighted by molar-refractivity contribution is 5.95. The van der Waals surface area contributed by atoms with Gasteiger partial charge in [-0.2, -0.15) is 26.3 Å². The summed E-state index contributed by atoms with van der Waals surface area (Å²) in [6.07, 6.45) is -8.62. The van der Waals surface area contributed by atoms with Crippen molar-refractivity contribution in [3.8, 4) is 5.75 Å². The highest BCUT2D eigenvalue weighted by atomic mass is 19.4. The van der Waals surface area contributed by atoms with E-state index in [1.807, 2.05) is 37.3 Å². The van der Waals surface area contributed by atoms with E-state index in [-0.39, 0.29) is 5.91 Å². The Kier molecular flexibility index (Phi) is 15.0. The van der Waals surface area contributed by atoms with Crippen LogP contribution in [0.2, 0.25) is 0 Å². The van der Waals surface area contributed by atoms with Crippen molar-refractivity contribution in [1.82, 2.24) is 20.7 Å². The summed E-state index contributed by atoms with van der Waals surface area (Å²) in [4.78, 5) is 49.9. The number of pyridine rings is 1. The molecule has 2 aromatic carbocycles. The monoisotopic (exact) mass is 718 g/mol. The van der Waals surface area contributed by atoms with Gasteiger partial charge in [-0.15, -0.1) is 0 Å². The van der Waals surface area contributed by atoms with E-state index in [1.165, 1.54) is 0 Å². The van der Waals surface area contributed by atoms with Gasteiger partial charge in [-0.1, -0.05) is 25.1 Å². The molecule has 2 amide bonds. The Morgan fingerprint density at radius 1 is 0.980 bits per heavy atom. The van der Waals surface area contributed by atoms with E-state index in [4.69, 9.17) is 24.5 Å². The Morgan fingerprint density at radius 3 is 2.06 bits per heavy atom. The van der Waals surface area contributed by atoms with Gasteiger partial charge in [0.2, 0.25) is 5.91 Å². The quantitative estimate of drug-likeness (QED) is 0.119. The number of hydrogen-bond donors (Lipinski definition) is 5. The van der Waals surface area contributed by atoms with E-state index < -0.39 is 42.2 Å². The number of aromatic nitrogens is 1. The number of aliphatic carboxylic acids is 2. The third kappa shape index (κ3) is 12.5. The van der Waals surface area contributed by atoms with Crippen LogP contribution in [0.4, 0.5) is 26.3 Å². The number of carbonyl (C=O) groups is 4. The van der Waals surface area contributed by atoms with Crippen molar-refractivity contribution >= 4 is 34.7 Å². The van der Waals surface area contributed by atoms with Gasteiger partial charge in [-0.25, -0.2) is 15.1 Å². The Labute approximate surface area is 282 Å². The molecule has 0 bridgehead atoms. The van der Waals surface area contributed by atoms with Crippen molar-refractivity contribution in [3.05, 3.63) is 71.4 Å². The molecule has 12 nitrogen and oxygen atoms in total. The number of nitrogens with zero attached hydrogens (tertiary/aromatic N) is 2. The van der Waals surface area contributed by atoms with Crippen molar-refractivity contribution < 1.29 is 65.7 Å². The molecule has 2 heterocycles. The number of carboxylic acid groups (broad SMARTS) is 2. The third-order valence-electron chi connectivity index (χ3n) is 7.55. The lowest BCUT2D eigenvalue weighted by atomic mass is 9.89. The maximum Gasteiger partial charge on any atom is 0.490 e. The molecule has 0 aliphatic carbocycles. The van der Waals surface area contributed by atoms with E-state index in [0.29, 0.717) is 36.9 Å². The summed E-state index contributed by atoms with van der Waals surface area (Å²) in [5, 5.41) is 27.5. The summed E-state index contributed by atoms with van der Waals surface area (Å²) in [5.41, 5.74) is 5.16. The van der Waals surface area contributed by atoms with Gasteiger partial charge in [-0.05, 0) is 69.6 Å². The van der Waals surface area contributed by atoms with E-state index in [0.717, 1.165) is 35.1 Å². The van der Waals surface area contributed by atoms with Crippen LogP contribution in [-0.2, 0) is 21.0 Å². The van der Waals surface area contributed by atoms with Crippen molar-refractivity contribution in [2.24, 2.45) is 5.92 Å². The first-order valence-corrected chi connectivity index (χ1v) is 15.0. The maximum atomic E-state index is 13.0. The van der Waals surface area contributed by atoms with Gasteiger partial charge < -0.3 is 20.3 Å². The minimum Gasteiger partial charge on any atom is -0.489 e. The van der Waals surface area contributed by atoms with Crippen molar-refractivity contribution in [3.63, 3.8) is 0 Å². The van der Waals surface area contributed by atoms with Gasteiger partial charge in [0, 0.05) is 34.8 Å². The second-order valence-corrected chi connectivity index (χ2v) is 11.1. The largest absolute Gasteiger partial charge is 0.490 e. The topological polar surface area (TPSA) is 178 Å². The zero-order chi connectivity index (χ0) is 37.8. The molecule has 50 heavy (non-hydrogen) atoms. The number of carbonyl (C=O) groups excluding carboxylic acids is 2. The molecule has 1 aliphatic rings. The first-order valence-electron chi connectivity index (χ1n) is 15.0. The normalized spacial score (nSPS) is 16.8. The Bertz CT molecular complexity index is 1590. The molecular weight excluding hydrogens is 682 g/mol. The molecular formula is C32H36F6N4O8. The predicted octanol–water partition coefficient (Wildman–Crippen LogP) is 5.11. The number of para-hydroxylation sites is 1. The Balaban J connectivity index is 0.000000521. The minimum atomic E-state index is -5.08. The number of aryl methyl sites for hydroxylation is 1. The van der Waals surface area contributed by atoms with Crippen LogP contribution in [0.1, 0.15) is 48.3 Å². The van der Waals surface area contributed by atoms with Crippen molar-refractivity contribution in [2.45, 2.75) is 64.7 Å². The fourth-order valence-corrected chi connectivity index (χ4v) is 4.81. The van der Waals surface area contributed by atoms with E-state index in [2.05, 4.69) is 29.0 Å². The van der Waals surface area contributed by atoms with Crippen LogP contribution in [-0.4, -0.2) is 86.6 Å². The van der Waals surface area contributed by atoms with Crippen LogP contribution in [0.5, 0.6) is 5.75 Å². The number of rotatable bonds is 8. The summed E-state index contributed by atoms with van der Waals surface area (Å²) < 4.78 is 69.5. The number of nitrogens with one attached hydrogen (secondary N) is 2. The standard InChI is InChI=1S/C28H34N4O4.2C2HF3O2/c1-4-19(3)32-14-13-24(28(34)31-35)26(16-32)30-27(33)20-9-11-22(12-10-20)36-17-21-15-18(2)29-25-8-6-5-7-23(21)25;2*3-2(4,5)1(6)7/h5-12,15,19,24,26,35H,4,13-14,16-17H2,1-3H3,(H,30,33)(H,31,34);2*(H,6,7)/t19?,24-,26+;;/m0../s1. The summed E-state index contributed by atoms with van der Waals surface area (Å²) in [6.45, 7) is 7.91. The van der Waals surface area contributed by atoms with Gasteiger partial charge in [0.05, 0.1) is 17.5 Å². The number of halogens is 6. The predicted molar refractivity (Wildman–Crippen MR) is 165 cm³/mol. The fraction of sp³-hybridized carbons (Fsp3) is 0.406. The molecule has 18 heteroatoms. The van der Waals surface area contributed by atoms with E-state index in [1.54, 1.807) is 29.7 Å². The lowest BCUT2D eigenvalue weighted by molar-refractivity contribution is -0.193. The average molecular weight is 719 g/mol. The molecule has 0 radical (unpaired) electrons. The number of benzene rings is 2. The molecule has 3 aromatic rings. The smallest absolute Gasteiger partial charge is 0.489 e. The Morgan fingerprint density at radius 2 is 1.54 bits per heavy atom. The number of carboxylic acids is 2. The molecule has 0 saturated carbocycles. The van der Waals surface area contributed by atoms with Gasteiger partial charge in [0.25, 0.3) is 5.91 Å². The summed E-state index contributed by atoms with van der Waals surface area (Å²) in [6, 6.07) is 16.9. The number of hydroxylamine groups is 1. The van der Waals surface area contributed by atoms with Crippen LogP contribution >= 0.6 is 0 Å². The van der Waals surface area contributed by atoms with Crippen molar-refractivity contribution in [1.29, 1.82) is 0 Å². The number of likely N-dealkylation sites (tertiary alicyclic amines) is 1. The van der Waals surface area contributed by atoms with Gasteiger partial charge in [0.1, 0.15) is 12.4 Å².